The molecule has 0 radical (unpaired) electrons. The van der Waals surface area contributed by atoms with Crippen molar-refractivity contribution in [2.75, 3.05) is 11.4 Å². The summed E-state index contributed by atoms with van der Waals surface area (Å²) in [5.41, 5.74) is 1.38. The van der Waals surface area contributed by atoms with Crippen LogP contribution in [0.25, 0.3) is 0 Å². The molecule has 0 aromatic heterocycles. The number of carbonyl (C=O) groups is 1. The monoisotopic (exact) mass is 298 g/mol. The third-order valence-corrected chi connectivity index (χ3v) is 4.86. The highest BCUT2D eigenvalue weighted by Gasteiger charge is 2.37. The number of benzene rings is 1. The molecule has 1 saturated heterocycles. The number of hydrogen-bond acceptors (Lipinski definition) is 4. The molecular weight excluding hydrogens is 288 g/mol. The quantitative estimate of drug-likeness (QED) is 0.791. The first kappa shape index (κ1) is 13.8. The van der Waals surface area contributed by atoms with E-state index in [0.717, 1.165) is 5.56 Å². The van der Waals surface area contributed by atoms with Crippen LogP contribution in [0.15, 0.2) is 24.3 Å². The Labute approximate surface area is 115 Å². The van der Waals surface area contributed by atoms with Gasteiger partial charge in [0.2, 0.25) is 15.0 Å². The van der Waals surface area contributed by atoms with Gasteiger partial charge in [0, 0.05) is 29.3 Å². The van der Waals surface area contributed by atoms with Gasteiger partial charge in [-0.3, -0.25) is 4.79 Å². The fourth-order valence-corrected chi connectivity index (χ4v) is 3.07. The lowest BCUT2D eigenvalue weighted by Crippen LogP contribution is -2.26. The molecular formula is C12H11ClN2O3S. The molecule has 1 heterocycles. The SMILES string of the molecule is N#CCc1cccc(N2CC(S(=O)(=O)Cl)CC2=O)c1. The molecule has 0 spiro atoms. The molecule has 1 atom stereocenters. The Bertz CT molecular complexity index is 651. The van der Waals surface area contributed by atoms with Crippen molar-refractivity contribution >= 4 is 31.3 Å². The van der Waals surface area contributed by atoms with Crippen LogP contribution in [0, 0.1) is 11.3 Å². The fourth-order valence-electron chi connectivity index (χ4n) is 2.04. The number of amides is 1. The third kappa shape index (κ3) is 3.06. The van der Waals surface area contributed by atoms with Gasteiger partial charge in [0.25, 0.3) is 0 Å². The maximum Gasteiger partial charge on any atom is 0.237 e. The number of anilines is 1. The maximum absolute atomic E-state index is 11.8. The van der Waals surface area contributed by atoms with Crippen LogP contribution < -0.4 is 4.90 Å². The molecule has 7 heteroatoms. The van der Waals surface area contributed by atoms with Crippen LogP contribution in [0.4, 0.5) is 5.69 Å². The topological polar surface area (TPSA) is 78.2 Å². The van der Waals surface area contributed by atoms with Crippen molar-refractivity contribution in [3.8, 4) is 6.07 Å². The van der Waals surface area contributed by atoms with Gasteiger partial charge in [-0.05, 0) is 17.7 Å². The average Bonchev–Trinajstić information content (AvgIpc) is 2.72. The molecule has 1 aromatic rings. The van der Waals surface area contributed by atoms with Crippen molar-refractivity contribution in [2.24, 2.45) is 0 Å². The van der Waals surface area contributed by atoms with E-state index in [1.54, 1.807) is 24.3 Å². The summed E-state index contributed by atoms with van der Waals surface area (Å²) >= 11 is 0. The zero-order valence-corrected chi connectivity index (χ0v) is 11.5. The molecule has 5 nitrogen and oxygen atoms in total. The Morgan fingerprint density at radius 3 is 2.79 bits per heavy atom. The average molecular weight is 299 g/mol. The van der Waals surface area contributed by atoms with Gasteiger partial charge in [0.1, 0.15) is 5.25 Å². The molecule has 1 fully saturated rings. The summed E-state index contributed by atoms with van der Waals surface area (Å²) in [4.78, 5) is 13.2. The first-order chi connectivity index (χ1) is 8.91. The van der Waals surface area contributed by atoms with Gasteiger partial charge in [-0.25, -0.2) is 8.42 Å². The molecule has 0 aliphatic carbocycles. The van der Waals surface area contributed by atoms with E-state index in [9.17, 15) is 13.2 Å². The summed E-state index contributed by atoms with van der Waals surface area (Å²) in [6.45, 7) is 0.0562. The molecule has 19 heavy (non-hydrogen) atoms. The Hall–Kier alpha value is -1.58. The van der Waals surface area contributed by atoms with E-state index in [0.29, 0.717) is 5.69 Å². The molecule has 100 valence electrons. The Morgan fingerprint density at radius 2 is 2.21 bits per heavy atom. The summed E-state index contributed by atoms with van der Waals surface area (Å²) in [7, 11) is 1.55. The Balaban J connectivity index is 2.26. The highest BCUT2D eigenvalue weighted by atomic mass is 35.7. The van der Waals surface area contributed by atoms with E-state index in [2.05, 4.69) is 0 Å². The summed E-state index contributed by atoms with van der Waals surface area (Å²) in [6, 6.07) is 8.96. The molecule has 1 aliphatic rings. The lowest BCUT2D eigenvalue weighted by Gasteiger charge is -2.16. The van der Waals surface area contributed by atoms with Crippen LogP contribution in [0.5, 0.6) is 0 Å². The largest absolute Gasteiger partial charge is 0.311 e. The van der Waals surface area contributed by atoms with Crippen LogP contribution in [0.3, 0.4) is 0 Å². The van der Waals surface area contributed by atoms with Crippen molar-refractivity contribution in [3.63, 3.8) is 0 Å². The zero-order valence-electron chi connectivity index (χ0n) is 9.91. The highest BCUT2D eigenvalue weighted by Crippen LogP contribution is 2.27. The molecule has 0 N–H and O–H groups in total. The second kappa shape index (κ2) is 5.19. The van der Waals surface area contributed by atoms with Gasteiger partial charge in [0.15, 0.2) is 0 Å². The second-order valence-corrected chi connectivity index (χ2v) is 7.22. The standard InChI is InChI=1S/C12H11ClN2O3S/c13-19(17,18)11-7-12(16)15(8-11)10-3-1-2-9(6-10)4-5-14/h1-3,6,11H,4,7-8H2. The van der Waals surface area contributed by atoms with E-state index in [4.69, 9.17) is 15.9 Å². The van der Waals surface area contributed by atoms with Gasteiger partial charge in [-0.15, -0.1) is 0 Å². The van der Waals surface area contributed by atoms with E-state index < -0.39 is 14.3 Å². The van der Waals surface area contributed by atoms with Crippen molar-refractivity contribution in [1.82, 2.24) is 0 Å². The van der Waals surface area contributed by atoms with Crippen molar-refractivity contribution in [1.29, 1.82) is 5.26 Å². The predicted octanol–water partition coefficient (Wildman–Crippen LogP) is 1.43. The van der Waals surface area contributed by atoms with Gasteiger partial charge >= 0.3 is 0 Å². The number of nitrogens with zero attached hydrogens (tertiary/aromatic N) is 2. The number of nitriles is 1. The van der Waals surface area contributed by atoms with E-state index in [1.807, 2.05) is 6.07 Å². The summed E-state index contributed by atoms with van der Waals surface area (Å²) < 4.78 is 22.5. The van der Waals surface area contributed by atoms with Gasteiger partial charge in [-0.2, -0.15) is 5.26 Å². The van der Waals surface area contributed by atoms with Crippen LogP contribution in [-0.4, -0.2) is 26.1 Å². The van der Waals surface area contributed by atoms with Crippen molar-refractivity contribution in [2.45, 2.75) is 18.1 Å². The first-order valence-corrected chi connectivity index (χ1v) is 7.99. The smallest absolute Gasteiger partial charge is 0.237 e. The normalized spacial score (nSPS) is 19.5. The van der Waals surface area contributed by atoms with E-state index in [1.165, 1.54) is 4.90 Å². The van der Waals surface area contributed by atoms with E-state index in [-0.39, 0.29) is 25.3 Å². The lowest BCUT2D eigenvalue weighted by molar-refractivity contribution is -0.117. The Kier molecular flexibility index (Phi) is 3.78. The summed E-state index contributed by atoms with van der Waals surface area (Å²) in [5.74, 6) is -0.275. The second-order valence-electron chi connectivity index (χ2n) is 4.31. The fraction of sp³-hybridized carbons (Fsp3) is 0.333. The lowest BCUT2D eigenvalue weighted by atomic mass is 10.1. The van der Waals surface area contributed by atoms with Crippen molar-refractivity contribution in [3.05, 3.63) is 29.8 Å². The molecule has 1 aliphatic heterocycles. The van der Waals surface area contributed by atoms with Gasteiger partial charge < -0.3 is 4.90 Å². The minimum atomic E-state index is -3.74. The summed E-state index contributed by atoms with van der Waals surface area (Å²) in [5, 5.41) is 7.78. The highest BCUT2D eigenvalue weighted by molar-refractivity contribution is 8.14. The molecule has 1 unspecified atom stereocenters. The van der Waals surface area contributed by atoms with Crippen molar-refractivity contribution < 1.29 is 13.2 Å². The zero-order chi connectivity index (χ0) is 14.0. The number of rotatable bonds is 3. The number of hydrogen-bond donors (Lipinski definition) is 0. The van der Waals surface area contributed by atoms with Crippen LogP contribution in [0.1, 0.15) is 12.0 Å². The van der Waals surface area contributed by atoms with Gasteiger partial charge in [-0.1, -0.05) is 12.1 Å². The van der Waals surface area contributed by atoms with Crippen LogP contribution in [0.2, 0.25) is 0 Å². The summed E-state index contributed by atoms with van der Waals surface area (Å²) in [6.07, 6.45) is 0.140. The molecule has 2 rings (SSSR count). The first-order valence-electron chi connectivity index (χ1n) is 5.61. The Morgan fingerprint density at radius 1 is 1.47 bits per heavy atom. The predicted molar refractivity (Wildman–Crippen MR) is 71.3 cm³/mol. The minimum Gasteiger partial charge on any atom is -0.311 e. The molecule has 0 saturated carbocycles. The number of carbonyl (C=O) groups excluding carboxylic acids is 1. The van der Waals surface area contributed by atoms with Gasteiger partial charge in [0.05, 0.1) is 12.5 Å². The maximum atomic E-state index is 11.8. The van der Waals surface area contributed by atoms with E-state index >= 15 is 0 Å². The van der Waals surface area contributed by atoms with Crippen LogP contribution in [-0.2, 0) is 20.3 Å². The number of halogens is 1. The minimum absolute atomic E-state index is 0.0562. The third-order valence-electron chi connectivity index (χ3n) is 2.99. The molecule has 1 aromatic carbocycles. The van der Waals surface area contributed by atoms with Crippen LogP contribution >= 0.6 is 10.7 Å². The molecule has 1 amide bonds. The molecule has 0 bridgehead atoms.